The van der Waals surface area contributed by atoms with Crippen LogP contribution in [-0.2, 0) is 14.6 Å². The lowest BCUT2D eigenvalue weighted by molar-refractivity contribution is 0.0378. The molecule has 0 spiro atoms. The predicted molar refractivity (Wildman–Crippen MR) is 125 cm³/mol. The second kappa shape index (κ2) is 9.70. The van der Waals surface area contributed by atoms with E-state index < -0.39 is 27.5 Å². The molecule has 0 fully saturated rings. The van der Waals surface area contributed by atoms with Crippen molar-refractivity contribution in [2.24, 2.45) is 0 Å². The van der Waals surface area contributed by atoms with Crippen molar-refractivity contribution < 1.29 is 27.4 Å². The first-order valence-corrected chi connectivity index (χ1v) is 12.5. The lowest BCUT2D eigenvalue weighted by Gasteiger charge is -2.20. The first-order chi connectivity index (χ1) is 15.5. The normalized spacial score (nSPS) is 12.7. The molecule has 1 atom stereocenters. The summed E-state index contributed by atoms with van der Waals surface area (Å²) in [6.45, 7) is 5.71. The number of esters is 1. The van der Waals surface area contributed by atoms with Crippen LogP contribution < -0.4 is 15.2 Å². The van der Waals surface area contributed by atoms with Crippen LogP contribution in [0.25, 0.3) is 11.0 Å². The van der Waals surface area contributed by atoms with E-state index in [-0.39, 0.29) is 17.4 Å². The monoisotopic (exact) mass is 476 g/mol. The zero-order valence-electron chi connectivity index (χ0n) is 19.2. The van der Waals surface area contributed by atoms with E-state index in [2.05, 4.69) is 4.98 Å². The van der Waals surface area contributed by atoms with E-state index in [1.807, 2.05) is 6.92 Å². The van der Waals surface area contributed by atoms with Crippen LogP contribution in [0.1, 0.15) is 42.7 Å². The Bertz CT molecular complexity index is 1320. The number of nitrogens with zero attached hydrogens (tertiary/aromatic N) is 1. The Morgan fingerprint density at radius 3 is 2.45 bits per heavy atom. The van der Waals surface area contributed by atoms with E-state index in [9.17, 15) is 18.0 Å². The molecule has 0 unspecified atom stereocenters. The summed E-state index contributed by atoms with van der Waals surface area (Å²) in [4.78, 5) is 28.0. The molecule has 3 rings (SSSR count). The van der Waals surface area contributed by atoms with Gasteiger partial charge in [0.15, 0.2) is 11.5 Å². The molecule has 1 heterocycles. The molecular weight excluding hydrogens is 448 g/mol. The molecular formula is C23H28N2O7S. The summed E-state index contributed by atoms with van der Waals surface area (Å²) in [5, 5.41) is 0. The maximum absolute atomic E-state index is 13.0. The smallest absolute Gasteiger partial charge is 0.338 e. The Labute approximate surface area is 192 Å². The molecule has 33 heavy (non-hydrogen) atoms. The van der Waals surface area contributed by atoms with Crippen LogP contribution in [0.3, 0.4) is 0 Å². The number of nitrogens with one attached hydrogen (secondary N) is 1. The highest BCUT2D eigenvalue weighted by Crippen LogP contribution is 2.33. The molecule has 0 saturated heterocycles. The fraction of sp³-hybridized carbons (Fsp3) is 0.391. The van der Waals surface area contributed by atoms with E-state index in [1.54, 1.807) is 44.2 Å². The molecule has 2 aromatic carbocycles. The van der Waals surface area contributed by atoms with Gasteiger partial charge in [0, 0.05) is 6.26 Å². The Morgan fingerprint density at radius 2 is 1.85 bits per heavy atom. The highest BCUT2D eigenvalue weighted by Gasteiger charge is 2.25. The van der Waals surface area contributed by atoms with Crippen molar-refractivity contribution in [1.82, 2.24) is 9.55 Å². The Balaban J connectivity index is 2.16. The molecule has 178 valence electrons. The molecule has 0 aliphatic heterocycles. The third-order valence-electron chi connectivity index (χ3n) is 4.94. The molecule has 0 aliphatic rings. The van der Waals surface area contributed by atoms with Crippen molar-refractivity contribution in [3.05, 3.63) is 58.0 Å². The van der Waals surface area contributed by atoms with Crippen LogP contribution in [0, 0.1) is 0 Å². The summed E-state index contributed by atoms with van der Waals surface area (Å²) < 4.78 is 42.1. The van der Waals surface area contributed by atoms with E-state index in [0.29, 0.717) is 34.7 Å². The highest BCUT2D eigenvalue weighted by molar-refractivity contribution is 7.90. The molecule has 1 N–H and O–H groups in total. The molecule has 3 aromatic rings. The Kier molecular flexibility index (Phi) is 7.16. The summed E-state index contributed by atoms with van der Waals surface area (Å²) in [6, 6.07) is 8.90. The highest BCUT2D eigenvalue weighted by atomic mass is 32.2. The van der Waals surface area contributed by atoms with E-state index in [0.717, 1.165) is 6.26 Å². The minimum Gasteiger partial charge on any atom is -0.493 e. The first kappa shape index (κ1) is 24.4. The summed E-state index contributed by atoms with van der Waals surface area (Å²) >= 11 is 0. The Hall–Kier alpha value is -3.27. The quantitative estimate of drug-likeness (QED) is 0.472. The SMILES string of the molecule is CCOc1cc([C@@H](CS(C)(=O)=O)n2c(=O)[nH]c3cc(C(=O)OC(C)C)ccc32)ccc1OC. The third kappa shape index (κ3) is 5.57. The van der Waals surface area contributed by atoms with Gasteiger partial charge in [-0.25, -0.2) is 18.0 Å². The van der Waals surface area contributed by atoms with Crippen molar-refractivity contribution in [1.29, 1.82) is 0 Å². The maximum Gasteiger partial charge on any atom is 0.338 e. The van der Waals surface area contributed by atoms with Crippen LogP contribution in [0.5, 0.6) is 11.5 Å². The van der Waals surface area contributed by atoms with Crippen molar-refractivity contribution in [3.8, 4) is 11.5 Å². The van der Waals surface area contributed by atoms with Crippen LogP contribution in [0.15, 0.2) is 41.2 Å². The van der Waals surface area contributed by atoms with Gasteiger partial charge in [0.25, 0.3) is 0 Å². The van der Waals surface area contributed by atoms with Gasteiger partial charge in [0.2, 0.25) is 0 Å². The number of H-pyrrole nitrogens is 1. The van der Waals surface area contributed by atoms with Gasteiger partial charge < -0.3 is 19.2 Å². The van der Waals surface area contributed by atoms with Crippen LogP contribution in [0.4, 0.5) is 0 Å². The summed E-state index contributed by atoms with van der Waals surface area (Å²) in [5.41, 5.74) is 1.21. The molecule has 0 saturated carbocycles. The predicted octanol–water partition coefficient (Wildman–Crippen LogP) is 2.94. The minimum absolute atomic E-state index is 0.285. The van der Waals surface area contributed by atoms with E-state index in [4.69, 9.17) is 14.2 Å². The number of hydrogen-bond donors (Lipinski definition) is 1. The van der Waals surface area contributed by atoms with Gasteiger partial charge in [-0.3, -0.25) is 4.57 Å². The number of hydrogen-bond acceptors (Lipinski definition) is 7. The second-order valence-electron chi connectivity index (χ2n) is 7.94. The number of carbonyl (C=O) groups excluding carboxylic acids is 1. The maximum atomic E-state index is 13.0. The number of fused-ring (bicyclic) bond motifs is 1. The zero-order valence-corrected chi connectivity index (χ0v) is 20.1. The van der Waals surface area contributed by atoms with Gasteiger partial charge in [0.1, 0.15) is 9.84 Å². The number of aromatic amines is 1. The average Bonchev–Trinajstić information content (AvgIpc) is 3.05. The number of ether oxygens (including phenoxy) is 3. The van der Waals surface area contributed by atoms with Crippen LogP contribution in [-0.4, -0.2) is 55.8 Å². The van der Waals surface area contributed by atoms with Crippen molar-refractivity contribution in [2.45, 2.75) is 32.9 Å². The molecule has 0 aliphatic carbocycles. The first-order valence-electron chi connectivity index (χ1n) is 10.5. The largest absolute Gasteiger partial charge is 0.493 e. The average molecular weight is 477 g/mol. The third-order valence-corrected chi connectivity index (χ3v) is 5.86. The second-order valence-corrected chi connectivity index (χ2v) is 10.1. The van der Waals surface area contributed by atoms with E-state index >= 15 is 0 Å². The van der Waals surface area contributed by atoms with Gasteiger partial charge in [-0.15, -0.1) is 0 Å². The van der Waals surface area contributed by atoms with Gasteiger partial charge in [-0.2, -0.15) is 0 Å². The summed E-state index contributed by atoms with van der Waals surface area (Å²) in [6.07, 6.45) is 0.831. The van der Waals surface area contributed by atoms with Crippen LogP contribution in [0.2, 0.25) is 0 Å². The van der Waals surface area contributed by atoms with Gasteiger partial charge >= 0.3 is 11.7 Å². The van der Waals surface area contributed by atoms with E-state index in [1.165, 1.54) is 17.7 Å². The fourth-order valence-electron chi connectivity index (χ4n) is 3.63. The minimum atomic E-state index is -3.48. The molecule has 10 heteroatoms. The number of benzene rings is 2. The molecule has 0 bridgehead atoms. The number of imidazole rings is 1. The van der Waals surface area contributed by atoms with Crippen molar-refractivity contribution >= 4 is 26.8 Å². The molecule has 0 amide bonds. The number of sulfone groups is 1. The van der Waals surface area contributed by atoms with Crippen molar-refractivity contribution in [2.75, 3.05) is 25.7 Å². The molecule has 1 aromatic heterocycles. The fourth-order valence-corrected chi connectivity index (χ4v) is 4.54. The zero-order chi connectivity index (χ0) is 24.3. The summed E-state index contributed by atoms with van der Waals surface area (Å²) in [5.74, 6) is 0.125. The summed E-state index contributed by atoms with van der Waals surface area (Å²) in [7, 11) is -1.97. The topological polar surface area (TPSA) is 117 Å². The standard InChI is InChI=1S/C23H28N2O7S/c1-6-31-21-12-15(8-10-20(21)30-4)19(13-33(5,28)29)25-18-9-7-16(22(26)32-14(2)3)11-17(18)24-23(25)27/h7-12,14,19H,6,13H2,1-5H3,(H,24,27)/t19-/m1/s1. The lowest BCUT2D eigenvalue weighted by Crippen LogP contribution is -2.28. The van der Waals surface area contributed by atoms with Crippen LogP contribution >= 0.6 is 0 Å². The van der Waals surface area contributed by atoms with Gasteiger partial charge in [-0.1, -0.05) is 6.07 Å². The van der Waals surface area contributed by atoms with Gasteiger partial charge in [-0.05, 0) is 56.7 Å². The molecule has 9 nitrogen and oxygen atoms in total. The van der Waals surface area contributed by atoms with Crippen molar-refractivity contribution in [3.63, 3.8) is 0 Å². The molecule has 0 radical (unpaired) electrons. The number of aromatic nitrogens is 2. The van der Waals surface area contributed by atoms with Gasteiger partial charge in [0.05, 0.1) is 48.2 Å². The number of rotatable bonds is 9. The Morgan fingerprint density at radius 1 is 1.12 bits per heavy atom. The number of methoxy groups -OCH3 is 1. The lowest BCUT2D eigenvalue weighted by atomic mass is 10.1. The number of carbonyl (C=O) groups is 1.